The smallest absolute Gasteiger partial charge is 0.271 e. The first-order valence-corrected chi connectivity index (χ1v) is 10.4. The predicted molar refractivity (Wildman–Crippen MR) is 111 cm³/mol. The second-order valence-corrected chi connectivity index (χ2v) is 7.95. The van der Waals surface area contributed by atoms with Crippen LogP contribution in [0.2, 0.25) is 0 Å². The van der Waals surface area contributed by atoms with E-state index in [1.807, 2.05) is 35.7 Å². The number of likely N-dealkylation sites (tertiary alicyclic amines) is 1. The molecule has 6 heteroatoms. The average Bonchev–Trinajstić information content (AvgIpc) is 3.39. The highest BCUT2D eigenvalue weighted by molar-refractivity contribution is 7.13. The summed E-state index contributed by atoms with van der Waals surface area (Å²) < 4.78 is 5.19. The van der Waals surface area contributed by atoms with Crippen LogP contribution in [-0.4, -0.2) is 37.1 Å². The van der Waals surface area contributed by atoms with Gasteiger partial charge in [-0.05, 0) is 24.3 Å². The molecule has 28 heavy (non-hydrogen) atoms. The van der Waals surface area contributed by atoms with Crippen LogP contribution in [0.5, 0.6) is 5.75 Å². The molecule has 3 aromatic rings. The number of carbonyl (C=O) groups excluding carboxylic acids is 1. The van der Waals surface area contributed by atoms with Gasteiger partial charge in [0, 0.05) is 22.9 Å². The fraction of sp³-hybridized carbons (Fsp3) is 0.273. The van der Waals surface area contributed by atoms with Crippen molar-refractivity contribution in [2.75, 3.05) is 20.2 Å². The number of methoxy groups -OCH3 is 1. The molecule has 1 fully saturated rings. The van der Waals surface area contributed by atoms with Crippen LogP contribution in [0, 0.1) is 0 Å². The number of nitrogens with one attached hydrogen (secondary N) is 2. The van der Waals surface area contributed by atoms with E-state index in [4.69, 9.17) is 4.74 Å². The number of hydrogen-bond acceptors (Lipinski definition) is 4. The zero-order valence-corrected chi connectivity index (χ0v) is 16.7. The third kappa shape index (κ3) is 4.40. The molecule has 4 rings (SSSR count). The van der Waals surface area contributed by atoms with Gasteiger partial charge in [-0.15, -0.1) is 11.3 Å². The molecule has 2 aromatic carbocycles. The quantitative estimate of drug-likeness (QED) is 0.675. The van der Waals surface area contributed by atoms with Crippen LogP contribution in [0.25, 0.3) is 10.6 Å². The van der Waals surface area contributed by atoms with E-state index in [1.165, 1.54) is 21.8 Å². The van der Waals surface area contributed by atoms with Gasteiger partial charge in [-0.25, -0.2) is 4.98 Å². The Hall–Kier alpha value is -2.70. The van der Waals surface area contributed by atoms with Crippen LogP contribution in [-0.2, 0) is 6.54 Å². The summed E-state index contributed by atoms with van der Waals surface area (Å²) in [7, 11) is 1.65. The summed E-state index contributed by atoms with van der Waals surface area (Å²) in [5, 5.41) is 5.83. The molecule has 1 aliphatic heterocycles. The molecule has 5 nitrogen and oxygen atoms in total. The maximum atomic E-state index is 12.6. The molecule has 1 aliphatic rings. The molecular formula is C22H24N3O2S+. The van der Waals surface area contributed by atoms with E-state index in [-0.39, 0.29) is 11.9 Å². The first-order chi connectivity index (χ1) is 13.7. The highest BCUT2D eigenvalue weighted by Crippen LogP contribution is 2.25. The summed E-state index contributed by atoms with van der Waals surface area (Å²) in [5.74, 6) is 0.726. The van der Waals surface area contributed by atoms with Gasteiger partial charge in [-0.3, -0.25) is 4.79 Å². The molecule has 1 aromatic heterocycles. The number of hydrogen-bond donors (Lipinski definition) is 2. The lowest BCUT2D eigenvalue weighted by Gasteiger charge is -2.14. The summed E-state index contributed by atoms with van der Waals surface area (Å²) in [6, 6.07) is 18.4. The lowest BCUT2D eigenvalue weighted by molar-refractivity contribution is -0.901. The Labute approximate surface area is 169 Å². The average molecular weight is 395 g/mol. The summed E-state index contributed by atoms with van der Waals surface area (Å²) in [5.41, 5.74) is 2.82. The minimum atomic E-state index is -0.0815. The summed E-state index contributed by atoms with van der Waals surface area (Å²) in [4.78, 5) is 18.6. The van der Waals surface area contributed by atoms with E-state index >= 15 is 0 Å². The third-order valence-corrected chi connectivity index (χ3v) is 5.98. The van der Waals surface area contributed by atoms with Gasteiger partial charge in [0.25, 0.3) is 5.91 Å². The maximum Gasteiger partial charge on any atom is 0.271 e. The van der Waals surface area contributed by atoms with E-state index in [2.05, 4.69) is 34.6 Å². The normalized spacial score (nSPS) is 18.8. The fourth-order valence-electron chi connectivity index (χ4n) is 3.60. The number of amides is 1. The van der Waals surface area contributed by atoms with E-state index in [1.54, 1.807) is 7.11 Å². The Balaban J connectivity index is 1.33. The van der Waals surface area contributed by atoms with Gasteiger partial charge in [-0.1, -0.05) is 30.3 Å². The van der Waals surface area contributed by atoms with Crippen LogP contribution < -0.4 is 15.0 Å². The Morgan fingerprint density at radius 2 is 2.00 bits per heavy atom. The number of ether oxygens (including phenoxy) is 1. The number of nitrogens with zero attached hydrogens (tertiary/aromatic N) is 1. The molecule has 1 amide bonds. The van der Waals surface area contributed by atoms with Crippen molar-refractivity contribution in [3.05, 3.63) is 71.2 Å². The van der Waals surface area contributed by atoms with Crippen LogP contribution >= 0.6 is 11.3 Å². The van der Waals surface area contributed by atoms with Crippen molar-refractivity contribution in [3.63, 3.8) is 0 Å². The first kappa shape index (κ1) is 18.7. The van der Waals surface area contributed by atoms with Crippen molar-refractivity contribution in [1.29, 1.82) is 0 Å². The highest BCUT2D eigenvalue weighted by atomic mass is 32.1. The molecule has 1 unspecified atom stereocenters. The van der Waals surface area contributed by atoms with Crippen molar-refractivity contribution >= 4 is 17.2 Å². The molecule has 0 saturated carbocycles. The SMILES string of the molecule is COc1ccc(-c2nc(C(=O)N[C@@H]3CC[NH+](Cc4ccccc4)C3)cs2)cc1. The number of carbonyl (C=O) groups is 1. The zero-order chi connectivity index (χ0) is 19.3. The number of thiazole rings is 1. The minimum absolute atomic E-state index is 0.0815. The second-order valence-electron chi connectivity index (χ2n) is 7.09. The highest BCUT2D eigenvalue weighted by Gasteiger charge is 2.28. The van der Waals surface area contributed by atoms with Crippen LogP contribution in [0.3, 0.4) is 0 Å². The topological polar surface area (TPSA) is 55.7 Å². The summed E-state index contributed by atoms with van der Waals surface area (Å²) in [6.07, 6.45) is 1.00. The number of aromatic nitrogens is 1. The van der Waals surface area contributed by atoms with Crippen molar-refractivity contribution in [1.82, 2.24) is 10.3 Å². The fourth-order valence-corrected chi connectivity index (χ4v) is 4.41. The summed E-state index contributed by atoms with van der Waals surface area (Å²) >= 11 is 1.49. The molecule has 1 saturated heterocycles. The van der Waals surface area contributed by atoms with Gasteiger partial charge in [-0.2, -0.15) is 0 Å². The Morgan fingerprint density at radius 3 is 2.75 bits per heavy atom. The molecule has 2 heterocycles. The molecule has 2 atom stereocenters. The van der Waals surface area contributed by atoms with Gasteiger partial charge >= 0.3 is 0 Å². The van der Waals surface area contributed by atoms with Gasteiger partial charge in [0.05, 0.1) is 26.2 Å². The van der Waals surface area contributed by atoms with E-state index < -0.39 is 0 Å². The van der Waals surface area contributed by atoms with Crippen LogP contribution in [0.15, 0.2) is 60.0 Å². The minimum Gasteiger partial charge on any atom is -0.497 e. The number of quaternary nitrogens is 1. The molecular weight excluding hydrogens is 370 g/mol. The number of rotatable bonds is 6. The van der Waals surface area contributed by atoms with Crippen molar-refractivity contribution in [3.8, 4) is 16.3 Å². The van der Waals surface area contributed by atoms with Crippen LogP contribution in [0.1, 0.15) is 22.5 Å². The maximum absolute atomic E-state index is 12.6. The van der Waals surface area contributed by atoms with Gasteiger partial charge < -0.3 is 15.0 Å². The predicted octanol–water partition coefficient (Wildman–Crippen LogP) is 2.41. The van der Waals surface area contributed by atoms with Crippen molar-refractivity contribution < 1.29 is 14.4 Å². The Kier molecular flexibility index (Phi) is 5.69. The van der Waals surface area contributed by atoms with E-state index in [0.29, 0.717) is 5.69 Å². The van der Waals surface area contributed by atoms with Crippen LogP contribution in [0.4, 0.5) is 0 Å². The molecule has 144 valence electrons. The second kappa shape index (κ2) is 8.54. The van der Waals surface area contributed by atoms with Gasteiger partial charge in [0.2, 0.25) is 0 Å². The molecule has 0 spiro atoms. The Morgan fingerprint density at radius 1 is 1.21 bits per heavy atom. The van der Waals surface area contributed by atoms with Crippen molar-refractivity contribution in [2.24, 2.45) is 0 Å². The first-order valence-electron chi connectivity index (χ1n) is 9.49. The third-order valence-electron chi connectivity index (χ3n) is 5.09. The Bertz CT molecular complexity index is 924. The van der Waals surface area contributed by atoms with E-state index in [9.17, 15) is 4.79 Å². The van der Waals surface area contributed by atoms with Crippen molar-refractivity contribution in [2.45, 2.75) is 19.0 Å². The molecule has 2 N–H and O–H groups in total. The zero-order valence-electron chi connectivity index (χ0n) is 15.9. The lowest BCUT2D eigenvalue weighted by atomic mass is 10.2. The van der Waals surface area contributed by atoms with Gasteiger partial charge in [0.15, 0.2) is 0 Å². The molecule has 0 radical (unpaired) electrons. The monoisotopic (exact) mass is 394 g/mol. The molecule has 0 aliphatic carbocycles. The molecule has 0 bridgehead atoms. The summed E-state index contributed by atoms with van der Waals surface area (Å²) in [6.45, 7) is 3.04. The number of benzene rings is 2. The van der Waals surface area contributed by atoms with Gasteiger partial charge in [0.1, 0.15) is 23.0 Å². The van der Waals surface area contributed by atoms with E-state index in [0.717, 1.165) is 42.4 Å². The lowest BCUT2D eigenvalue weighted by Crippen LogP contribution is -3.09. The largest absolute Gasteiger partial charge is 0.497 e. The standard InChI is InChI=1S/C22H23N3O2S/c1-27-19-9-7-17(8-10-19)22-24-20(15-28-22)21(26)23-18-11-12-25(14-18)13-16-5-3-2-4-6-16/h2-10,15,18H,11-14H2,1H3,(H,23,26)/p+1/t18-/m1/s1.